The van der Waals surface area contributed by atoms with Crippen LogP contribution in [0, 0.1) is 12.7 Å². The standard InChI is InChI=1S/C19H21FN2O2S/c1-13-7-9-16(10-8-13)22-18(23)12-25-14(2)19(24)21-11-15-5-3-4-6-17(15)20/h3-10,14H,11-12H2,1-2H3,(H,21,24)(H,22,23)/t14-/m0/s1. The first-order valence-corrected chi connectivity index (χ1v) is 9.00. The Labute approximate surface area is 151 Å². The Hall–Kier alpha value is -2.34. The second kappa shape index (κ2) is 9.22. The van der Waals surface area contributed by atoms with E-state index >= 15 is 0 Å². The summed E-state index contributed by atoms with van der Waals surface area (Å²) < 4.78 is 13.5. The molecule has 0 unspecified atom stereocenters. The number of carbonyl (C=O) groups is 2. The molecule has 0 aliphatic rings. The maximum absolute atomic E-state index is 13.5. The summed E-state index contributed by atoms with van der Waals surface area (Å²) in [4.78, 5) is 24.0. The predicted octanol–water partition coefficient (Wildman–Crippen LogP) is 3.51. The number of hydrogen-bond donors (Lipinski definition) is 2. The first-order chi connectivity index (χ1) is 12.0. The van der Waals surface area contributed by atoms with Crippen molar-refractivity contribution in [3.8, 4) is 0 Å². The average Bonchev–Trinajstić information content (AvgIpc) is 2.60. The van der Waals surface area contributed by atoms with Crippen molar-refractivity contribution in [3.05, 3.63) is 65.5 Å². The lowest BCUT2D eigenvalue weighted by molar-refractivity contribution is -0.120. The normalized spacial score (nSPS) is 11.6. The molecule has 2 aromatic rings. The first kappa shape index (κ1) is 19.0. The molecule has 2 aromatic carbocycles. The summed E-state index contributed by atoms with van der Waals surface area (Å²) >= 11 is 1.24. The Morgan fingerprint density at radius 3 is 2.48 bits per heavy atom. The van der Waals surface area contributed by atoms with E-state index in [9.17, 15) is 14.0 Å². The van der Waals surface area contributed by atoms with E-state index in [4.69, 9.17) is 0 Å². The van der Waals surface area contributed by atoms with Gasteiger partial charge < -0.3 is 10.6 Å². The van der Waals surface area contributed by atoms with Crippen LogP contribution in [-0.4, -0.2) is 22.8 Å². The van der Waals surface area contributed by atoms with E-state index in [-0.39, 0.29) is 29.9 Å². The average molecular weight is 360 g/mol. The predicted molar refractivity (Wildman–Crippen MR) is 100.0 cm³/mol. The number of hydrogen-bond acceptors (Lipinski definition) is 3. The van der Waals surface area contributed by atoms with E-state index in [0.717, 1.165) is 11.3 Å². The number of amides is 2. The van der Waals surface area contributed by atoms with Crippen molar-refractivity contribution < 1.29 is 14.0 Å². The van der Waals surface area contributed by atoms with Gasteiger partial charge in [0, 0.05) is 17.8 Å². The zero-order chi connectivity index (χ0) is 18.2. The fraction of sp³-hybridized carbons (Fsp3) is 0.263. The van der Waals surface area contributed by atoms with Gasteiger partial charge in [-0.25, -0.2) is 4.39 Å². The summed E-state index contributed by atoms with van der Waals surface area (Å²) in [5, 5.41) is 5.07. The minimum atomic E-state index is -0.407. The quantitative estimate of drug-likeness (QED) is 0.794. The highest BCUT2D eigenvalue weighted by Crippen LogP contribution is 2.14. The molecule has 0 aromatic heterocycles. The van der Waals surface area contributed by atoms with Crippen LogP contribution in [0.2, 0.25) is 0 Å². The number of thioether (sulfide) groups is 1. The number of aryl methyl sites for hydroxylation is 1. The SMILES string of the molecule is Cc1ccc(NC(=O)CS[C@@H](C)C(=O)NCc2ccccc2F)cc1. The summed E-state index contributed by atoms with van der Waals surface area (Å²) in [5.74, 6) is -0.568. The van der Waals surface area contributed by atoms with Gasteiger partial charge in [0.05, 0.1) is 11.0 Å². The smallest absolute Gasteiger partial charge is 0.234 e. The van der Waals surface area contributed by atoms with Gasteiger partial charge in [-0.15, -0.1) is 11.8 Å². The molecule has 0 aliphatic carbocycles. The number of rotatable bonds is 7. The van der Waals surface area contributed by atoms with E-state index in [1.54, 1.807) is 25.1 Å². The molecule has 0 aliphatic heterocycles. The molecule has 0 heterocycles. The first-order valence-electron chi connectivity index (χ1n) is 7.95. The van der Waals surface area contributed by atoms with Crippen LogP contribution in [0.5, 0.6) is 0 Å². The van der Waals surface area contributed by atoms with Gasteiger partial charge in [0.1, 0.15) is 5.82 Å². The Morgan fingerprint density at radius 2 is 1.80 bits per heavy atom. The minimum Gasteiger partial charge on any atom is -0.351 e. The lowest BCUT2D eigenvalue weighted by Gasteiger charge is -2.12. The fourth-order valence-electron chi connectivity index (χ4n) is 2.08. The Morgan fingerprint density at radius 1 is 1.12 bits per heavy atom. The molecule has 2 amide bonds. The van der Waals surface area contributed by atoms with Gasteiger partial charge in [-0.05, 0) is 32.0 Å². The van der Waals surface area contributed by atoms with E-state index < -0.39 is 5.25 Å². The van der Waals surface area contributed by atoms with Gasteiger partial charge in [-0.2, -0.15) is 0 Å². The van der Waals surface area contributed by atoms with Gasteiger partial charge in [0.2, 0.25) is 11.8 Å². The summed E-state index contributed by atoms with van der Waals surface area (Å²) in [7, 11) is 0. The molecule has 0 spiro atoms. The molecule has 6 heteroatoms. The van der Waals surface area contributed by atoms with E-state index in [1.807, 2.05) is 31.2 Å². The van der Waals surface area contributed by atoms with Crippen molar-refractivity contribution in [2.24, 2.45) is 0 Å². The van der Waals surface area contributed by atoms with Gasteiger partial charge in [0.15, 0.2) is 0 Å². The second-order valence-corrected chi connectivity index (χ2v) is 7.01. The van der Waals surface area contributed by atoms with Crippen LogP contribution >= 0.6 is 11.8 Å². The Kier molecular flexibility index (Phi) is 7.01. The lowest BCUT2D eigenvalue weighted by atomic mass is 10.2. The van der Waals surface area contributed by atoms with Crippen LogP contribution in [0.15, 0.2) is 48.5 Å². The number of anilines is 1. The van der Waals surface area contributed by atoms with Crippen molar-refractivity contribution in [1.82, 2.24) is 5.32 Å². The highest BCUT2D eigenvalue weighted by molar-refractivity contribution is 8.01. The summed E-state index contributed by atoms with van der Waals surface area (Å²) in [6.07, 6.45) is 0. The van der Waals surface area contributed by atoms with E-state index in [0.29, 0.717) is 5.56 Å². The molecule has 0 bridgehead atoms. The maximum atomic E-state index is 13.5. The topological polar surface area (TPSA) is 58.2 Å². The molecule has 0 radical (unpaired) electrons. The number of nitrogens with one attached hydrogen (secondary N) is 2. The molecule has 2 rings (SSSR count). The Bertz CT molecular complexity index is 734. The van der Waals surface area contributed by atoms with Crippen LogP contribution in [0.25, 0.3) is 0 Å². The van der Waals surface area contributed by atoms with Crippen molar-refractivity contribution in [3.63, 3.8) is 0 Å². The Balaban J connectivity index is 1.74. The van der Waals surface area contributed by atoms with Gasteiger partial charge in [-0.3, -0.25) is 9.59 Å². The summed E-state index contributed by atoms with van der Waals surface area (Å²) in [6, 6.07) is 13.8. The molecular weight excluding hydrogens is 339 g/mol. The zero-order valence-electron chi connectivity index (χ0n) is 14.2. The molecule has 0 saturated heterocycles. The van der Waals surface area contributed by atoms with Crippen molar-refractivity contribution >= 4 is 29.3 Å². The van der Waals surface area contributed by atoms with Crippen molar-refractivity contribution in [2.75, 3.05) is 11.1 Å². The summed E-state index contributed by atoms with van der Waals surface area (Å²) in [6.45, 7) is 3.83. The van der Waals surface area contributed by atoms with Crippen LogP contribution in [0.4, 0.5) is 10.1 Å². The lowest BCUT2D eigenvalue weighted by Crippen LogP contribution is -2.31. The second-order valence-electron chi connectivity index (χ2n) is 5.68. The largest absolute Gasteiger partial charge is 0.351 e. The molecule has 0 saturated carbocycles. The third kappa shape index (κ3) is 6.23. The molecule has 1 atom stereocenters. The van der Waals surface area contributed by atoms with Crippen LogP contribution in [0.3, 0.4) is 0 Å². The maximum Gasteiger partial charge on any atom is 0.234 e. The number of benzene rings is 2. The number of halogens is 1. The molecule has 2 N–H and O–H groups in total. The molecule has 132 valence electrons. The van der Waals surface area contributed by atoms with Crippen LogP contribution in [0.1, 0.15) is 18.1 Å². The van der Waals surface area contributed by atoms with E-state index in [2.05, 4.69) is 10.6 Å². The third-order valence-electron chi connectivity index (χ3n) is 3.58. The van der Waals surface area contributed by atoms with Gasteiger partial charge in [-0.1, -0.05) is 35.9 Å². The highest BCUT2D eigenvalue weighted by Gasteiger charge is 2.15. The van der Waals surface area contributed by atoms with E-state index in [1.165, 1.54) is 17.8 Å². The van der Waals surface area contributed by atoms with Crippen LogP contribution in [-0.2, 0) is 16.1 Å². The van der Waals surface area contributed by atoms with Crippen molar-refractivity contribution in [2.45, 2.75) is 25.6 Å². The van der Waals surface area contributed by atoms with Crippen LogP contribution < -0.4 is 10.6 Å². The monoisotopic (exact) mass is 360 g/mol. The molecule has 0 fully saturated rings. The fourth-order valence-corrected chi connectivity index (χ4v) is 2.79. The highest BCUT2D eigenvalue weighted by atomic mass is 32.2. The molecule has 25 heavy (non-hydrogen) atoms. The zero-order valence-corrected chi connectivity index (χ0v) is 15.0. The third-order valence-corrected chi connectivity index (χ3v) is 4.72. The summed E-state index contributed by atoms with van der Waals surface area (Å²) in [5.41, 5.74) is 2.28. The van der Waals surface area contributed by atoms with Gasteiger partial charge in [0.25, 0.3) is 0 Å². The molecule has 4 nitrogen and oxygen atoms in total. The molecular formula is C19H21FN2O2S. The number of carbonyl (C=O) groups excluding carboxylic acids is 2. The van der Waals surface area contributed by atoms with Crippen molar-refractivity contribution in [1.29, 1.82) is 0 Å². The minimum absolute atomic E-state index is 0.131. The van der Waals surface area contributed by atoms with Gasteiger partial charge >= 0.3 is 0 Å².